The van der Waals surface area contributed by atoms with Crippen LogP contribution in [0.3, 0.4) is 0 Å². The number of H-pyrrole nitrogens is 1. The number of rotatable bonds is 9. The van der Waals surface area contributed by atoms with E-state index >= 15 is 0 Å². The molecule has 0 aliphatic carbocycles. The van der Waals surface area contributed by atoms with Crippen LogP contribution in [0.4, 0.5) is 0 Å². The Labute approximate surface area is 194 Å². The molecule has 1 aliphatic heterocycles. The summed E-state index contributed by atoms with van der Waals surface area (Å²) in [6.07, 6.45) is 3.30. The zero-order valence-electron chi connectivity index (χ0n) is 18.9. The van der Waals surface area contributed by atoms with Gasteiger partial charge in [0.1, 0.15) is 5.82 Å². The molecule has 0 saturated heterocycles. The Morgan fingerprint density at radius 3 is 2.39 bits per heavy atom. The van der Waals surface area contributed by atoms with E-state index in [1.165, 1.54) is 5.56 Å². The second-order valence-electron chi connectivity index (χ2n) is 8.34. The number of aromatic amines is 1. The van der Waals surface area contributed by atoms with Crippen molar-refractivity contribution in [2.24, 2.45) is 0 Å². The maximum atomic E-state index is 5.56. The molecular weight excluding hydrogens is 410 g/mol. The standard InChI is InChI=1S/C28H29N3O2/c1-2-3-14-23(29-18-20-15-16-24-25(17-20)33-19-32-24)27-26(21-10-6-4-7-11-21)30-28(31-27)22-12-8-5-9-13-22/h4-13,15-17,23,29H,2-3,14,18-19H2,1H3,(H,30,31). The highest BCUT2D eigenvalue weighted by Gasteiger charge is 2.22. The molecule has 5 heteroatoms. The van der Waals surface area contributed by atoms with Crippen molar-refractivity contribution in [2.75, 3.05) is 6.79 Å². The maximum absolute atomic E-state index is 5.56. The lowest BCUT2D eigenvalue weighted by Crippen LogP contribution is -2.22. The first-order valence-electron chi connectivity index (χ1n) is 11.6. The van der Waals surface area contributed by atoms with Crippen LogP contribution in [0.25, 0.3) is 22.6 Å². The molecule has 0 amide bonds. The molecule has 1 aliphatic rings. The van der Waals surface area contributed by atoms with Crippen molar-refractivity contribution < 1.29 is 9.47 Å². The van der Waals surface area contributed by atoms with Gasteiger partial charge in [-0.1, -0.05) is 86.5 Å². The Kier molecular flexibility index (Phi) is 6.40. The molecule has 1 unspecified atom stereocenters. The highest BCUT2D eigenvalue weighted by molar-refractivity contribution is 5.68. The van der Waals surface area contributed by atoms with Crippen LogP contribution >= 0.6 is 0 Å². The number of hydrogen-bond donors (Lipinski definition) is 2. The van der Waals surface area contributed by atoms with Crippen LogP contribution in [0.2, 0.25) is 0 Å². The number of fused-ring (bicyclic) bond motifs is 1. The topological polar surface area (TPSA) is 59.2 Å². The van der Waals surface area contributed by atoms with Crippen molar-refractivity contribution in [2.45, 2.75) is 38.8 Å². The van der Waals surface area contributed by atoms with Crippen LogP contribution < -0.4 is 14.8 Å². The van der Waals surface area contributed by atoms with E-state index < -0.39 is 0 Å². The Balaban J connectivity index is 1.47. The normalized spacial score (nSPS) is 13.2. The molecule has 1 aromatic heterocycles. The molecule has 0 fully saturated rings. The molecule has 1 atom stereocenters. The predicted molar refractivity (Wildman–Crippen MR) is 131 cm³/mol. The third-order valence-electron chi connectivity index (χ3n) is 6.01. The predicted octanol–water partition coefficient (Wildman–Crippen LogP) is 6.49. The Morgan fingerprint density at radius 2 is 1.64 bits per heavy atom. The smallest absolute Gasteiger partial charge is 0.231 e. The molecule has 0 spiro atoms. The Bertz CT molecular complexity index is 1190. The lowest BCUT2D eigenvalue weighted by atomic mass is 10.0. The van der Waals surface area contributed by atoms with Gasteiger partial charge in [-0.15, -0.1) is 0 Å². The number of unbranched alkanes of at least 4 members (excludes halogenated alkanes) is 1. The van der Waals surface area contributed by atoms with Crippen LogP contribution in [0, 0.1) is 0 Å². The van der Waals surface area contributed by atoms with Gasteiger partial charge in [0.05, 0.1) is 11.4 Å². The summed E-state index contributed by atoms with van der Waals surface area (Å²) in [6.45, 7) is 3.26. The van der Waals surface area contributed by atoms with E-state index in [2.05, 4.69) is 65.8 Å². The third kappa shape index (κ3) is 4.78. The molecular formula is C28H29N3O2. The summed E-state index contributed by atoms with van der Waals surface area (Å²) in [5.74, 6) is 2.53. The summed E-state index contributed by atoms with van der Waals surface area (Å²) in [5.41, 5.74) is 5.52. The van der Waals surface area contributed by atoms with Crippen LogP contribution in [0.15, 0.2) is 78.9 Å². The summed E-state index contributed by atoms with van der Waals surface area (Å²) in [7, 11) is 0. The molecule has 2 heterocycles. The van der Waals surface area contributed by atoms with Crippen molar-refractivity contribution >= 4 is 0 Å². The Hall–Kier alpha value is -3.57. The lowest BCUT2D eigenvalue weighted by molar-refractivity contribution is 0.174. The van der Waals surface area contributed by atoms with Crippen molar-refractivity contribution in [3.8, 4) is 34.1 Å². The quantitative estimate of drug-likeness (QED) is 0.313. The number of nitrogens with one attached hydrogen (secondary N) is 2. The zero-order chi connectivity index (χ0) is 22.5. The monoisotopic (exact) mass is 439 g/mol. The molecule has 5 rings (SSSR count). The van der Waals surface area contributed by atoms with Gasteiger partial charge in [0, 0.05) is 23.7 Å². The van der Waals surface area contributed by atoms with E-state index in [4.69, 9.17) is 14.5 Å². The van der Waals surface area contributed by atoms with Crippen LogP contribution in [0.5, 0.6) is 11.5 Å². The van der Waals surface area contributed by atoms with E-state index in [1.54, 1.807) is 0 Å². The number of benzene rings is 3. The fraction of sp³-hybridized carbons (Fsp3) is 0.250. The highest BCUT2D eigenvalue weighted by atomic mass is 16.7. The second-order valence-corrected chi connectivity index (χ2v) is 8.34. The van der Waals surface area contributed by atoms with Gasteiger partial charge in [-0.2, -0.15) is 0 Å². The average Bonchev–Trinajstić information content (AvgIpc) is 3.52. The largest absolute Gasteiger partial charge is 0.454 e. The van der Waals surface area contributed by atoms with Crippen LogP contribution in [-0.2, 0) is 6.54 Å². The van der Waals surface area contributed by atoms with Crippen LogP contribution in [-0.4, -0.2) is 16.8 Å². The summed E-state index contributed by atoms with van der Waals surface area (Å²) in [6, 6.07) is 27.0. The number of ether oxygens (including phenoxy) is 2. The van der Waals surface area contributed by atoms with Crippen LogP contribution in [0.1, 0.15) is 43.5 Å². The van der Waals surface area contributed by atoms with Crippen molar-refractivity contribution in [3.63, 3.8) is 0 Å². The van der Waals surface area contributed by atoms with Gasteiger partial charge in [-0.25, -0.2) is 4.98 Å². The molecule has 33 heavy (non-hydrogen) atoms. The molecule has 4 aromatic rings. The van der Waals surface area contributed by atoms with Gasteiger partial charge in [0.25, 0.3) is 0 Å². The van der Waals surface area contributed by atoms with E-state index in [1.807, 2.05) is 30.3 Å². The number of nitrogens with zero attached hydrogens (tertiary/aromatic N) is 1. The van der Waals surface area contributed by atoms with Gasteiger partial charge in [0.15, 0.2) is 11.5 Å². The third-order valence-corrected chi connectivity index (χ3v) is 6.01. The number of aromatic nitrogens is 2. The fourth-order valence-corrected chi connectivity index (χ4v) is 4.24. The second kappa shape index (κ2) is 9.92. The Morgan fingerprint density at radius 1 is 0.909 bits per heavy atom. The molecule has 0 bridgehead atoms. The summed E-state index contributed by atoms with van der Waals surface area (Å²) >= 11 is 0. The number of hydrogen-bond acceptors (Lipinski definition) is 4. The van der Waals surface area contributed by atoms with E-state index in [0.717, 1.165) is 65.6 Å². The SMILES string of the molecule is CCCCC(NCc1ccc2c(c1)OCO2)c1[nH]c(-c2ccccc2)nc1-c1ccccc1. The molecule has 0 saturated carbocycles. The van der Waals surface area contributed by atoms with E-state index in [-0.39, 0.29) is 6.04 Å². The summed E-state index contributed by atoms with van der Waals surface area (Å²) in [5, 5.41) is 3.79. The van der Waals surface area contributed by atoms with Gasteiger partial charge in [0.2, 0.25) is 6.79 Å². The fourth-order valence-electron chi connectivity index (χ4n) is 4.24. The van der Waals surface area contributed by atoms with Gasteiger partial charge < -0.3 is 19.8 Å². The molecule has 0 radical (unpaired) electrons. The molecule has 2 N–H and O–H groups in total. The first kappa shape index (κ1) is 21.3. The van der Waals surface area contributed by atoms with Gasteiger partial charge in [-0.05, 0) is 24.1 Å². The highest BCUT2D eigenvalue weighted by Crippen LogP contribution is 2.34. The number of imidazole rings is 1. The lowest BCUT2D eigenvalue weighted by Gasteiger charge is -2.19. The first-order valence-corrected chi connectivity index (χ1v) is 11.6. The zero-order valence-corrected chi connectivity index (χ0v) is 18.9. The average molecular weight is 440 g/mol. The van der Waals surface area contributed by atoms with E-state index in [0.29, 0.717) is 6.79 Å². The molecule has 168 valence electrons. The molecule has 3 aromatic carbocycles. The van der Waals surface area contributed by atoms with Crippen molar-refractivity contribution in [1.29, 1.82) is 0 Å². The molecule has 5 nitrogen and oxygen atoms in total. The van der Waals surface area contributed by atoms with Crippen molar-refractivity contribution in [1.82, 2.24) is 15.3 Å². The minimum absolute atomic E-state index is 0.149. The minimum Gasteiger partial charge on any atom is -0.454 e. The summed E-state index contributed by atoms with van der Waals surface area (Å²) < 4.78 is 11.0. The van der Waals surface area contributed by atoms with E-state index in [9.17, 15) is 0 Å². The van der Waals surface area contributed by atoms with Gasteiger partial charge >= 0.3 is 0 Å². The minimum atomic E-state index is 0.149. The maximum Gasteiger partial charge on any atom is 0.231 e. The van der Waals surface area contributed by atoms with Crippen molar-refractivity contribution in [3.05, 3.63) is 90.1 Å². The first-order chi connectivity index (χ1) is 16.3. The summed E-state index contributed by atoms with van der Waals surface area (Å²) in [4.78, 5) is 8.72. The van der Waals surface area contributed by atoms with Gasteiger partial charge in [-0.3, -0.25) is 0 Å².